The topological polar surface area (TPSA) is 30.5 Å². The summed E-state index contributed by atoms with van der Waals surface area (Å²) < 4.78 is 45.3. The maximum atomic E-state index is 12.0. The van der Waals surface area contributed by atoms with Gasteiger partial charge in [0.05, 0.1) is 6.10 Å². The van der Waals surface area contributed by atoms with Crippen LogP contribution in [0.3, 0.4) is 0 Å². The third-order valence-electron chi connectivity index (χ3n) is 3.43. The molecule has 1 N–H and O–H groups in total. The number of nitrogens with one attached hydrogen (secondary N) is 1. The van der Waals surface area contributed by atoms with Gasteiger partial charge in [-0.25, -0.2) is 0 Å². The van der Waals surface area contributed by atoms with Gasteiger partial charge in [-0.2, -0.15) is 0 Å². The molecule has 0 spiro atoms. The molecule has 0 radical (unpaired) electrons. The van der Waals surface area contributed by atoms with Crippen LogP contribution in [-0.4, -0.2) is 25.6 Å². The summed E-state index contributed by atoms with van der Waals surface area (Å²) in [5, 5.41) is 3.30. The molecule has 112 valence electrons. The average molecular weight is 289 g/mol. The van der Waals surface area contributed by atoms with Crippen molar-refractivity contribution in [1.82, 2.24) is 5.32 Å². The van der Waals surface area contributed by atoms with Crippen LogP contribution in [0.2, 0.25) is 0 Å². The van der Waals surface area contributed by atoms with Gasteiger partial charge >= 0.3 is 6.36 Å². The lowest BCUT2D eigenvalue weighted by molar-refractivity contribution is -0.274. The third kappa shape index (κ3) is 4.68. The Labute approximate surface area is 116 Å². The van der Waals surface area contributed by atoms with Crippen molar-refractivity contribution in [2.75, 3.05) is 13.2 Å². The summed E-state index contributed by atoms with van der Waals surface area (Å²) in [5.74, 6) is 0.307. The highest BCUT2D eigenvalue weighted by Crippen LogP contribution is 2.23. The van der Waals surface area contributed by atoms with Crippen LogP contribution >= 0.6 is 0 Å². The number of benzene rings is 1. The lowest BCUT2D eigenvalue weighted by Crippen LogP contribution is -2.26. The van der Waals surface area contributed by atoms with Crippen LogP contribution in [0.5, 0.6) is 5.75 Å². The Hall–Kier alpha value is -1.27. The van der Waals surface area contributed by atoms with Crippen molar-refractivity contribution >= 4 is 0 Å². The third-order valence-corrected chi connectivity index (χ3v) is 3.43. The second-order valence-corrected chi connectivity index (χ2v) is 4.95. The highest BCUT2D eigenvalue weighted by Gasteiger charge is 2.30. The van der Waals surface area contributed by atoms with E-state index in [9.17, 15) is 13.2 Å². The predicted octanol–water partition coefficient (Wildman–Crippen LogP) is 3.10. The van der Waals surface area contributed by atoms with Gasteiger partial charge in [0.2, 0.25) is 0 Å². The summed E-state index contributed by atoms with van der Waals surface area (Å²) in [6, 6.07) is 5.91. The highest BCUT2D eigenvalue weighted by molar-refractivity contribution is 5.27. The Morgan fingerprint density at radius 1 is 1.30 bits per heavy atom. The number of rotatable bonds is 5. The molecule has 0 aromatic heterocycles. The van der Waals surface area contributed by atoms with Crippen LogP contribution in [0.1, 0.15) is 18.9 Å². The lowest BCUT2D eigenvalue weighted by atomic mass is 10.0. The second-order valence-electron chi connectivity index (χ2n) is 4.95. The van der Waals surface area contributed by atoms with Crippen molar-refractivity contribution < 1.29 is 22.6 Å². The van der Waals surface area contributed by atoms with E-state index in [-0.39, 0.29) is 11.9 Å². The predicted molar refractivity (Wildman–Crippen MR) is 68.4 cm³/mol. The molecule has 0 saturated carbocycles. The molecule has 1 aromatic carbocycles. The molecule has 2 rings (SSSR count). The molecule has 1 aliphatic heterocycles. The molecule has 6 heteroatoms. The summed E-state index contributed by atoms with van der Waals surface area (Å²) in [5.41, 5.74) is 0.922. The number of ether oxygens (including phenoxy) is 2. The van der Waals surface area contributed by atoms with E-state index < -0.39 is 6.36 Å². The smallest absolute Gasteiger partial charge is 0.406 e. The molecule has 3 nitrogen and oxygen atoms in total. The Morgan fingerprint density at radius 2 is 2.00 bits per heavy atom. The molecule has 1 aliphatic rings. The van der Waals surface area contributed by atoms with Crippen LogP contribution in [-0.2, 0) is 11.3 Å². The molecule has 1 saturated heterocycles. The number of halogens is 3. The monoisotopic (exact) mass is 289 g/mol. The summed E-state index contributed by atoms with van der Waals surface area (Å²) in [6.07, 6.45) is -3.32. The largest absolute Gasteiger partial charge is 0.573 e. The Kier molecular flexibility index (Phi) is 4.88. The first-order valence-electron chi connectivity index (χ1n) is 6.61. The van der Waals surface area contributed by atoms with Gasteiger partial charge in [-0.3, -0.25) is 0 Å². The molecular formula is C14H18F3NO2. The number of hydrogen-bond acceptors (Lipinski definition) is 3. The van der Waals surface area contributed by atoms with Gasteiger partial charge in [-0.05, 0) is 37.0 Å². The van der Waals surface area contributed by atoms with Gasteiger partial charge in [0.15, 0.2) is 0 Å². The van der Waals surface area contributed by atoms with Gasteiger partial charge in [0, 0.05) is 19.7 Å². The Bertz CT molecular complexity index is 419. The van der Waals surface area contributed by atoms with Crippen LogP contribution in [0.15, 0.2) is 24.3 Å². The van der Waals surface area contributed by atoms with E-state index >= 15 is 0 Å². The normalized spacial score (nSPS) is 23.0. The first-order valence-corrected chi connectivity index (χ1v) is 6.61. The molecule has 2 atom stereocenters. The summed E-state index contributed by atoms with van der Waals surface area (Å²) in [7, 11) is 0. The van der Waals surface area contributed by atoms with Crippen molar-refractivity contribution in [3.8, 4) is 5.75 Å². The highest BCUT2D eigenvalue weighted by atomic mass is 19.4. The van der Waals surface area contributed by atoms with Crippen molar-refractivity contribution in [3.05, 3.63) is 29.8 Å². The zero-order chi connectivity index (χ0) is 14.6. The minimum atomic E-state index is -4.64. The van der Waals surface area contributed by atoms with Gasteiger partial charge in [0.25, 0.3) is 0 Å². The Morgan fingerprint density at radius 3 is 2.55 bits per heavy atom. The van der Waals surface area contributed by atoms with E-state index in [1.807, 2.05) is 0 Å². The summed E-state index contributed by atoms with van der Waals surface area (Å²) in [4.78, 5) is 0. The SMILES string of the molecule is CC1OCCC1CNCc1ccc(OC(F)(F)F)cc1. The van der Waals surface area contributed by atoms with E-state index in [4.69, 9.17) is 4.74 Å². The van der Waals surface area contributed by atoms with Crippen molar-refractivity contribution in [1.29, 1.82) is 0 Å². The van der Waals surface area contributed by atoms with E-state index in [1.54, 1.807) is 12.1 Å². The van der Waals surface area contributed by atoms with E-state index in [0.717, 1.165) is 25.1 Å². The van der Waals surface area contributed by atoms with E-state index in [0.29, 0.717) is 12.5 Å². The molecule has 1 fully saturated rings. The average Bonchev–Trinajstić information content (AvgIpc) is 2.76. The van der Waals surface area contributed by atoms with Crippen molar-refractivity contribution in [2.24, 2.45) is 5.92 Å². The maximum Gasteiger partial charge on any atom is 0.573 e. The van der Waals surface area contributed by atoms with Crippen LogP contribution in [0.4, 0.5) is 13.2 Å². The van der Waals surface area contributed by atoms with E-state index in [1.165, 1.54) is 12.1 Å². The molecular weight excluding hydrogens is 271 g/mol. The van der Waals surface area contributed by atoms with Gasteiger partial charge in [-0.1, -0.05) is 12.1 Å². The number of alkyl halides is 3. The minimum absolute atomic E-state index is 0.195. The first-order chi connectivity index (χ1) is 9.44. The lowest BCUT2D eigenvalue weighted by Gasteiger charge is -2.15. The zero-order valence-corrected chi connectivity index (χ0v) is 11.2. The van der Waals surface area contributed by atoms with Crippen molar-refractivity contribution in [2.45, 2.75) is 32.4 Å². The Balaban J connectivity index is 1.76. The summed E-state index contributed by atoms with van der Waals surface area (Å²) in [6.45, 7) is 4.33. The van der Waals surface area contributed by atoms with E-state index in [2.05, 4.69) is 17.0 Å². The molecule has 0 amide bonds. The van der Waals surface area contributed by atoms with Crippen LogP contribution < -0.4 is 10.1 Å². The van der Waals surface area contributed by atoms with Gasteiger partial charge < -0.3 is 14.8 Å². The maximum absolute atomic E-state index is 12.0. The molecule has 1 heterocycles. The fraction of sp³-hybridized carbons (Fsp3) is 0.571. The summed E-state index contributed by atoms with van der Waals surface area (Å²) >= 11 is 0. The van der Waals surface area contributed by atoms with Gasteiger partial charge in [-0.15, -0.1) is 13.2 Å². The molecule has 0 aliphatic carbocycles. The minimum Gasteiger partial charge on any atom is -0.406 e. The van der Waals surface area contributed by atoms with Gasteiger partial charge in [0.1, 0.15) is 5.75 Å². The van der Waals surface area contributed by atoms with Crippen molar-refractivity contribution in [3.63, 3.8) is 0 Å². The fourth-order valence-electron chi connectivity index (χ4n) is 2.26. The zero-order valence-electron chi connectivity index (χ0n) is 11.2. The molecule has 2 unspecified atom stereocenters. The van der Waals surface area contributed by atoms with Crippen LogP contribution in [0.25, 0.3) is 0 Å². The fourth-order valence-corrected chi connectivity index (χ4v) is 2.26. The quantitative estimate of drug-likeness (QED) is 0.903. The second kappa shape index (κ2) is 6.45. The standard InChI is InChI=1S/C14H18F3NO2/c1-10-12(6-7-19-10)9-18-8-11-2-4-13(5-3-11)20-14(15,16)17/h2-5,10,12,18H,6-9H2,1H3. The molecule has 20 heavy (non-hydrogen) atoms. The molecule has 0 bridgehead atoms. The van der Waals surface area contributed by atoms with Crippen LogP contribution in [0, 0.1) is 5.92 Å². The number of hydrogen-bond donors (Lipinski definition) is 1. The molecule has 1 aromatic rings. The first kappa shape index (κ1) is 15.1.